The van der Waals surface area contributed by atoms with Crippen LogP contribution < -0.4 is 10.6 Å². The van der Waals surface area contributed by atoms with Gasteiger partial charge in [0.15, 0.2) is 17.8 Å². The van der Waals surface area contributed by atoms with Gasteiger partial charge in [0.05, 0.1) is 6.54 Å². The number of rotatable bonds is 9. The van der Waals surface area contributed by atoms with Crippen molar-refractivity contribution in [2.75, 3.05) is 6.61 Å². The molecule has 9 nitrogen and oxygen atoms in total. The lowest BCUT2D eigenvalue weighted by atomic mass is 9.98. The molecule has 3 N–H and O–H groups in total. The van der Waals surface area contributed by atoms with Crippen molar-refractivity contribution in [3.63, 3.8) is 0 Å². The van der Waals surface area contributed by atoms with E-state index < -0.39 is 24.0 Å². The fraction of sp³-hybridized carbons (Fsp3) is 0.308. The zero-order chi connectivity index (χ0) is 24.9. The molecule has 0 unspecified atom stereocenters. The number of carboxylic acids is 1. The van der Waals surface area contributed by atoms with Gasteiger partial charge in [-0.15, -0.1) is 0 Å². The van der Waals surface area contributed by atoms with Gasteiger partial charge in [-0.3, -0.25) is 4.79 Å². The highest BCUT2D eigenvalue weighted by molar-refractivity contribution is 5.95. The maximum atomic E-state index is 12.6. The molecule has 2 amide bonds. The van der Waals surface area contributed by atoms with Crippen molar-refractivity contribution in [3.8, 4) is 11.1 Å². The number of aliphatic carboxylic acids is 1. The molecule has 0 fully saturated rings. The number of alkyl carbamates (subject to hydrolysis) is 1. The van der Waals surface area contributed by atoms with Crippen LogP contribution in [0.1, 0.15) is 53.6 Å². The minimum absolute atomic E-state index is 0.0726. The highest BCUT2D eigenvalue weighted by Gasteiger charge is 2.29. The number of ether oxygens (including phenoxy) is 1. The SMILES string of the molecule is CC(C)C[C@H](NC(=O)c1ncoc1CNC(=O)OCC1c2ccccc2-c2ccccc21)C(=O)O. The minimum Gasteiger partial charge on any atom is -0.480 e. The molecule has 3 aromatic rings. The van der Waals surface area contributed by atoms with E-state index in [0.29, 0.717) is 0 Å². The Labute approximate surface area is 202 Å². The molecule has 1 atom stereocenters. The van der Waals surface area contributed by atoms with Crippen LogP contribution in [0.2, 0.25) is 0 Å². The summed E-state index contributed by atoms with van der Waals surface area (Å²) >= 11 is 0. The molecule has 182 valence electrons. The second kappa shape index (κ2) is 10.4. The van der Waals surface area contributed by atoms with Crippen molar-refractivity contribution in [2.45, 2.75) is 38.8 Å². The number of amides is 2. The van der Waals surface area contributed by atoms with Gasteiger partial charge in [-0.25, -0.2) is 14.6 Å². The summed E-state index contributed by atoms with van der Waals surface area (Å²) in [5.74, 6) is -1.72. The Balaban J connectivity index is 1.35. The Bertz CT molecular complexity index is 1190. The third kappa shape index (κ3) is 5.34. The lowest BCUT2D eigenvalue weighted by Gasteiger charge is -2.16. The number of nitrogens with one attached hydrogen (secondary N) is 2. The molecule has 2 aromatic carbocycles. The Kier molecular flexibility index (Phi) is 7.14. The van der Waals surface area contributed by atoms with E-state index in [0.717, 1.165) is 28.6 Å². The molecule has 0 bridgehead atoms. The summed E-state index contributed by atoms with van der Waals surface area (Å²) in [6.07, 6.45) is 0.673. The van der Waals surface area contributed by atoms with Crippen molar-refractivity contribution in [2.24, 2.45) is 5.92 Å². The van der Waals surface area contributed by atoms with Gasteiger partial charge >= 0.3 is 12.1 Å². The van der Waals surface area contributed by atoms with Crippen molar-refractivity contribution >= 4 is 18.0 Å². The summed E-state index contributed by atoms with van der Waals surface area (Å²) in [5.41, 5.74) is 4.38. The monoisotopic (exact) mass is 477 g/mol. The maximum Gasteiger partial charge on any atom is 0.407 e. The molecular weight excluding hydrogens is 450 g/mol. The average molecular weight is 478 g/mol. The fourth-order valence-electron chi connectivity index (χ4n) is 4.30. The van der Waals surface area contributed by atoms with Crippen molar-refractivity contribution < 1.29 is 28.6 Å². The molecule has 4 rings (SSSR count). The standard InChI is InChI=1S/C26H27N3O6/c1-15(2)11-21(25(31)32)29-24(30)23-22(35-14-28-23)12-27-26(33)34-13-20-18-9-5-3-7-16(18)17-8-4-6-10-19(17)20/h3-10,14-15,20-21H,11-13H2,1-2H3,(H,27,33)(H,29,30)(H,31,32)/t21-/m0/s1. The Morgan fingerprint density at radius 1 is 1.06 bits per heavy atom. The van der Waals surface area contributed by atoms with Gasteiger partial charge in [-0.1, -0.05) is 62.4 Å². The molecule has 1 aliphatic carbocycles. The molecular formula is C26H27N3O6. The number of carbonyl (C=O) groups is 3. The third-order valence-electron chi connectivity index (χ3n) is 5.90. The molecule has 1 heterocycles. The predicted octanol–water partition coefficient (Wildman–Crippen LogP) is 3.94. The molecule has 9 heteroatoms. The van der Waals surface area contributed by atoms with Gasteiger partial charge in [-0.05, 0) is 34.6 Å². The van der Waals surface area contributed by atoms with Gasteiger partial charge in [0, 0.05) is 5.92 Å². The van der Waals surface area contributed by atoms with E-state index in [9.17, 15) is 19.5 Å². The summed E-state index contributed by atoms with van der Waals surface area (Å²) < 4.78 is 10.7. The predicted molar refractivity (Wildman–Crippen MR) is 127 cm³/mol. The number of benzene rings is 2. The van der Waals surface area contributed by atoms with Crippen LogP contribution in [0, 0.1) is 5.92 Å². The summed E-state index contributed by atoms with van der Waals surface area (Å²) in [5, 5.41) is 14.4. The number of hydrogen-bond acceptors (Lipinski definition) is 6. The first-order valence-corrected chi connectivity index (χ1v) is 11.4. The van der Waals surface area contributed by atoms with Crippen LogP contribution in [-0.2, 0) is 16.1 Å². The van der Waals surface area contributed by atoms with Gasteiger partial charge in [-0.2, -0.15) is 0 Å². The third-order valence-corrected chi connectivity index (χ3v) is 5.90. The van der Waals surface area contributed by atoms with Crippen LogP contribution in [0.25, 0.3) is 11.1 Å². The topological polar surface area (TPSA) is 131 Å². The lowest BCUT2D eigenvalue weighted by Crippen LogP contribution is -2.42. The van der Waals surface area contributed by atoms with Crippen molar-refractivity contribution in [3.05, 3.63) is 77.5 Å². The summed E-state index contributed by atoms with van der Waals surface area (Å²) in [6.45, 7) is 3.74. The van der Waals surface area contributed by atoms with E-state index in [1.165, 1.54) is 0 Å². The summed E-state index contributed by atoms with van der Waals surface area (Å²) in [4.78, 5) is 40.3. The fourth-order valence-corrected chi connectivity index (χ4v) is 4.30. The Hall–Kier alpha value is -4.14. The molecule has 0 saturated heterocycles. The molecule has 0 saturated carbocycles. The quantitative estimate of drug-likeness (QED) is 0.425. The van der Waals surface area contributed by atoms with Crippen LogP contribution in [0.15, 0.2) is 59.3 Å². The molecule has 1 aromatic heterocycles. The highest BCUT2D eigenvalue weighted by atomic mass is 16.5. The first kappa shape index (κ1) is 24.0. The lowest BCUT2D eigenvalue weighted by molar-refractivity contribution is -0.139. The van der Waals surface area contributed by atoms with Gasteiger partial charge in [0.1, 0.15) is 12.6 Å². The number of oxazole rings is 1. The number of hydrogen-bond donors (Lipinski definition) is 3. The molecule has 0 radical (unpaired) electrons. The molecule has 0 spiro atoms. The number of carboxylic acid groups (broad SMARTS) is 1. The minimum atomic E-state index is -1.13. The Morgan fingerprint density at radius 3 is 2.29 bits per heavy atom. The summed E-state index contributed by atoms with van der Waals surface area (Å²) in [7, 11) is 0. The molecule has 35 heavy (non-hydrogen) atoms. The van der Waals surface area contributed by atoms with Crippen molar-refractivity contribution in [1.29, 1.82) is 0 Å². The van der Waals surface area contributed by atoms with E-state index in [1.54, 1.807) is 0 Å². The normalized spacial score (nSPS) is 13.1. The van der Waals surface area contributed by atoms with Crippen LogP contribution in [0.5, 0.6) is 0 Å². The zero-order valence-electron chi connectivity index (χ0n) is 19.5. The largest absolute Gasteiger partial charge is 0.480 e. The molecule has 0 aliphatic heterocycles. The first-order valence-electron chi connectivity index (χ1n) is 11.4. The second-order valence-corrected chi connectivity index (χ2v) is 8.80. The van der Waals surface area contributed by atoms with E-state index >= 15 is 0 Å². The second-order valence-electron chi connectivity index (χ2n) is 8.80. The van der Waals surface area contributed by atoms with E-state index in [-0.39, 0.29) is 42.9 Å². The smallest absolute Gasteiger partial charge is 0.407 e. The number of nitrogens with zero attached hydrogens (tertiary/aromatic N) is 1. The van der Waals surface area contributed by atoms with Crippen molar-refractivity contribution in [1.82, 2.24) is 15.6 Å². The van der Waals surface area contributed by atoms with Crippen LogP contribution >= 0.6 is 0 Å². The number of fused-ring (bicyclic) bond motifs is 3. The molecule has 1 aliphatic rings. The van der Waals surface area contributed by atoms with Crippen LogP contribution in [0.3, 0.4) is 0 Å². The zero-order valence-corrected chi connectivity index (χ0v) is 19.5. The van der Waals surface area contributed by atoms with E-state index in [1.807, 2.05) is 50.2 Å². The summed E-state index contributed by atoms with van der Waals surface area (Å²) in [6, 6.07) is 15.0. The Morgan fingerprint density at radius 2 is 1.69 bits per heavy atom. The number of carbonyl (C=O) groups excluding carboxylic acids is 2. The van der Waals surface area contributed by atoms with Gasteiger partial charge < -0.3 is 24.9 Å². The van der Waals surface area contributed by atoms with Crippen LogP contribution in [-0.4, -0.2) is 40.7 Å². The van der Waals surface area contributed by atoms with Gasteiger partial charge in [0.2, 0.25) is 0 Å². The van der Waals surface area contributed by atoms with Gasteiger partial charge in [0.25, 0.3) is 5.91 Å². The maximum absolute atomic E-state index is 12.6. The highest BCUT2D eigenvalue weighted by Crippen LogP contribution is 2.44. The first-order chi connectivity index (χ1) is 16.8. The van der Waals surface area contributed by atoms with E-state index in [4.69, 9.17) is 9.15 Å². The average Bonchev–Trinajstić information content (AvgIpc) is 3.43. The van der Waals surface area contributed by atoms with Crippen LogP contribution in [0.4, 0.5) is 4.79 Å². The number of aromatic nitrogens is 1. The van der Waals surface area contributed by atoms with E-state index in [2.05, 4.69) is 27.8 Å².